The van der Waals surface area contributed by atoms with Crippen molar-refractivity contribution >= 4 is 17.4 Å². The summed E-state index contributed by atoms with van der Waals surface area (Å²) in [4.78, 5) is 27.3. The second-order valence-corrected chi connectivity index (χ2v) is 7.91. The Kier molecular flexibility index (Phi) is 6.68. The predicted octanol–water partition coefficient (Wildman–Crippen LogP) is 4.62. The monoisotopic (exact) mass is 423 g/mol. The fourth-order valence-corrected chi connectivity index (χ4v) is 3.87. The van der Waals surface area contributed by atoms with Gasteiger partial charge in [-0.15, -0.1) is 0 Å². The van der Waals surface area contributed by atoms with Gasteiger partial charge in [0.1, 0.15) is 17.3 Å². The first-order valence-electron chi connectivity index (χ1n) is 10.5. The second-order valence-electron chi connectivity index (χ2n) is 7.91. The maximum absolute atomic E-state index is 13.0. The van der Waals surface area contributed by atoms with Crippen molar-refractivity contribution in [1.29, 1.82) is 0 Å². The molecule has 1 fully saturated rings. The van der Waals surface area contributed by atoms with Gasteiger partial charge < -0.3 is 19.5 Å². The number of amides is 1. The summed E-state index contributed by atoms with van der Waals surface area (Å²) < 4.78 is 10.9. The van der Waals surface area contributed by atoms with E-state index in [2.05, 4.69) is 0 Å². The van der Waals surface area contributed by atoms with Gasteiger partial charge in [-0.25, -0.2) is 0 Å². The zero-order valence-electron chi connectivity index (χ0n) is 18.6. The number of benzene rings is 2. The Morgan fingerprint density at radius 3 is 2.29 bits per heavy atom. The highest BCUT2D eigenvalue weighted by molar-refractivity contribution is 6.46. The molecule has 2 aromatic carbocycles. The number of aliphatic hydroxyl groups is 1. The molecule has 1 atom stereocenters. The number of rotatable bonds is 7. The van der Waals surface area contributed by atoms with Crippen molar-refractivity contribution in [2.45, 2.75) is 46.3 Å². The minimum absolute atomic E-state index is 0.0367. The molecule has 0 aliphatic carbocycles. The van der Waals surface area contributed by atoms with Gasteiger partial charge in [0, 0.05) is 12.1 Å². The number of Topliss-reactive ketones (excluding diaryl/α,β-unsaturated/α-hetero) is 1. The molecule has 1 aliphatic rings. The van der Waals surface area contributed by atoms with E-state index in [1.54, 1.807) is 25.3 Å². The first-order valence-corrected chi connectivity index (χ1v) is 10.5. The molecule has 0 aromatic heterocycles. The molecule has 0 radical (unpaired) electrons. The van der Waals surface area contributed by atoms with Crippen LogP contribution in [-0.2, 0) is 9.59 Å². The summed E-state index contributed by atoms with van der Waals surface area (Å²) in [5, 5.41) is 11.2. The van der Waals surface area contributed by atoms with E-state index < -0.39 is 17.7 Å². The fraction of sp³-hybridized carbons (Fsp3) is 0.360. The Hall–Kier alpha value is -3.28. The van der Waals surface area contributed by atoms with Crippen LogP contribution in [0.3, 0.4) is 0 Å². The largest absolute Gasteiger partial charge is 0.507 e. The standard InChI is InChI=1S/C25H29NO5/c1-6-13-26-22(17-7-9-18(10-8-17)31-15(2)3)21(24(28)25(26)29)23(27)20-12-11-19(30-5)14-16(20)4/h7-12,14-15,22,27H,6,13H2,1-5H3/b23-21-. The first kappa shape index (κ1) is 22.4. The summed E-state index contributed by atoms with van der Waals surface area (Å²) in [7, 11) is 1.57. The minimum atomic E-state index is -0.673. The minimum Gasteiger partial charge on any atom is -0.507 e. The van der Waals surface area contributed by atoms with E-state index in [1.165, 1.54) is 4.90 Å². The maximum atomic E-state index is 13.0. The Balaban J connectivity index is 2.13. The molecule has 0 bridgehead atoms. The molecule has 0 saturated carbocycles. The molecule has 6 heteroatoms. The van der Waals surface area contributed by atoms with Crippen LogP contribution in [-0.4, -0.2) is 41.5 Å². The van der Waals surface area contributed by atoms with E-state index in [-0.39, 0.29) is 17.4 Å². The third-order valence-corrected chi connectivity index (χ3v) is 5.26. The predicted molar refractivity (Wildman–Crippen MR) is 119 cm³/mol. The van der Waals surface area contributed by atoms with Crippen LogP contribution in [0.4, 0.5) is 0 Å². The third-order valence-electron chi connectivity index (χ3n) is 5.26. The molecule has 2 aromatic rings. The molecule has 164 valence electrons. The van der Waals surface area contributed by atoms with Gasteiger partial charge in [0.25, 0.3) is 11.7 Å². The topological polar surface area (TPSA) is 76.1 Å². The maximum Gasteiger partial charge on any atom is 0.295 e. The number of likely N-dealkylation sites (tertiary alicyclic amines) is 1. The lowest BCUT2D eigenvalue weighted by atomic mass is 9.93. The first-order chi connectivity index (χ1) is 14.8. The number of ether oxygens (including phenoxy) is 2. The zero-order chi connectivity index (χ0) is 22.7. The highest BCUT2D eigenvalue weighted by Gasteiger charge is 2.45. The van der Waals surface area contributed by atoms with Crippen LogP contribution >= 0.6 is 0 Å². The van der Waals surface area contributed by atoms with Gasteiger partial charge in [0.15, 0.2) is 0 Å². The Bertz CT molecular complexity index is 1010. The SMILES string of the molecule is CCCN1C(=O)C(=O)/C(=C(\O)c2ccc(OC)cc2C)C1c1ccc(OC(C)C)cc1. The van der Waals surface area contributed by atoms with E-state index >= 15 is 0 Å². The number of carbonyl (C=O) groups excluding carboxylic acids is 2. The van der Waals surface area contributed by atoms with E-state index in [1.807, 2.05) is 52.0 Å². The van der Waals surface area contributed by atoms with Crippen LogP contribution in [0.1, 0.15) is 49.9 Å². The van der Waals surface area contributed by atoms with E-state index in [0.717, 1.165) is 11.1 Å². The molecule has 1 unspecified atom stereocenters. The zero-order valence-corrected chi connectivity index (χ0v) is 18.6. The van der Waals surface area contributed by atoms with E-state index in [9.17, 15) is 14.7 Å². The summed E-state index contributed by atoms with van der Waals surface area (Å²) in [5.41, 5.74) is 2.10. The Morgan fingerprint density at radius 2 is 1.74 bits per heavy atom. The number of methoxy groups -OCH3 is 1. The molecule has 1 heterocycles. The fourth-order valence-electron chi connectivity index (χ4n) is 3.87. The van der Waals surface area contributed by atoms with Gasteiger partial charge in [0.05, 0.1) is 24.8 Å². The van der Waals surface area contributed by atoms with Crippen molar-refractivity contribution < 1.29 is 24.2 Å². The third kappa shape index (κ3) is 4.43. The summed E-state index contributed by atoms with van der Waals surface area (Å²) >= 11 is 0. The van der Waals surface area contributed by atoms with Crippen molar-refractivity contribution in [1.82, 2.24) is 4.90 Å². The van der Waals surface area contributed by atoms with Gasteiger partial charge in [-0.05, 0) is 68.7 Å². The van der Waals surface area contributed by atoms with Crippen molar-refractivity contribution in [2.24, 2.45) is 0 Å². The average Bonchev–Trinajstić information content (AvgIpc) is 2.98. The molecule has 1 N–H and O–H groups in total. The van der Waals surface area contributed by atoms with Crippen LogP contribution < -0.4 is 9.47 Å². The van der Waals surface area contributed by atoms with Crippen LogP contribution in [0.2, 0.25) is 0 Å². The van der Waals surface area contributed by atoms with Crippen molar-refractivity contribution in [3.8, 4) is 11.5 Å². The lowest BCUT2D eigenvalue weighted by Crippen LogP contribution is -2.30. The molecular weight excluding hydrogens is 394 g/mol. The molecule has 31 heavy (non-hydrogen) atoms. The Morgan fingerprint density at radius 1 is 1.10 bits per heavy atom. The molecule has 1 saturated heterocycles. The van der Waals surface area contributed by atoms with Gasteiger partial charge in [-0.2, -0.15) is 0 Å². The number of aryl methyl sites for hydroxylation is 1. The summed E-state index contributed by atoms with van der Waals surface area (Å²) in [5.74, 6) is -0.0877. The number of hydrogen-bond donors (Lipinski definition) is 1. The molecule has 6 nitrogen and oxygen atoms in total. The number of hydrogen-bond acceptors (Lipinski definition) is 5. The second kappa shape index (κ2) is 9.25. The summed E-state index contributed by atoms with van der Waals surface area (Å²) in [6.45, 7) is 8.08. The Labute approximate surface area is 183 Å². The van der Waals surface area contributed by atoms with Crippen molar-refractivity contribution in [3.05, 3.63) is 64.7 Å². The lowest BCUT2D eigenvalue weighted by Gasteiger charge is -2.25. The normalized spacial score (nSPS) is 18.0. The van der Waals surface area contributed by atoms with Gasteiger partial charge in [0.2, 0.25) is 0 Å². The average molecular weight is 424 g/mol. The molecule has 1 amide bonds. The van der Waals surface area contributed by atoms with Crippen molar-refractivity contribution in [2.75, 3.05) is 13.7 Å². The van der Waals surface area contributed by atoms with Crippen LogP contribution in [0.5, 0.6) is 11.5 Å². The van der Waals surface area contributed by atoms with Gasteiger partial charge >= 0.3 is 0 Å². The number of aliphatic hydroxyl groups excluding tert-OH is 1. The number of nitrogens with zero attached hydrogens (tertiary/aromatic N) is 1. The van der Waals surface area contributed by atoms with Crippen molar-refractivity contribution in [3.63, 3.8) is 0 Å². The quantitative estimate of drug-likeness (QED) is 0.399. The molecular formula is C25H29NO5. The number of carbonyl (C=O) groups is 2. The summed E-state index contributed by atoms with van der Waals surface area (Å²) in [6, 6.07) is 11.9. The summed E-state index contributed by atoms with van der Waals surface area (Å²) in [6.07, 6.45) is 0.731. The highest BCUT2D eigenvalue weighted by atomic mass is 16.5. The van der Waals surface area contributed by atoms with Gasteiger partial charge in [-0.3, -0.25) is 9.59 Å². The van der Waals surface area contributed by atoms with Gasteiger partial charge in [-0.1, -0.05) is 19.1 Å². The lowest BCUT2D eigenvalue weighted by molar-refractivity contribution is -0.139. The molecule has 0 spiro atoms. The van der Waals surface area contributed by atoms with Crippen LogP contribution in [0.25, 0.3) is 5.76 Å². The molecule has 3 rings (SSSR count). The highest BCUT2D eigenvalue weighted by Crippen LogP contribution is 2.40. The van der Waals surface area contributed by atoms with E-state index in [0.29, 0.717) is 30.0 Å². The van der Waals surface area contributed by atoms with Crippen LogP contribution in [0, 0.1) is 6.92 Å². The van der Waals surface area contributed by atoms with E-state index in [4.69, 9.17) is 9.47 Å². The molecule has 1 aliphatic heterocycles. The number of ketones is 1. The smallest absolute Gasteiger partial charge is 0.295 e. The van der Waals surface area contributed by atoms with Crippen LogP contribution in [0.15, 0.2) is 48.0 Å².